The van der Waals surface area contributed by atoms with Crippen molar-refractivity contribution in [1.82, 2.24) is 9.97 Å². The molecular weight excluding hydrogens is 391 g/mol. The molecule has 1 aliphatic rings. The van der Waals surface area contributed by atoms with Crippen molar-refractivity contribution in [1.29, 1.82) is 0 Å². The average Bonchev–Trinajstić information content (AvgIpc) is 2.82. The number of alkyl halides is 1. The molecule has 0 unspecified atom stereocenters. The molecule has 1 aromatic carbocycles. The maximum absolute atomic E-state index is 12.7. The Morgan fingerprint density at radius 1 is 1.00 bits per heavy atom. The summed E-state index contributed by atoms with van der Waals surface area (Å²) in [6.45, 7) is 1.60. The molecule has 4 nitrogen and oxygen atoms in total. The number of hydrogen-bond donors (Lipinski definition) is 0. The third-order valence-electron chi connectivity index (χ3n) is 6.59. The molecule has 1 aliphatic carbocycles. The van der Waals surface area contributed by atoms with Crippen LogP contribution in [0.3, 0.4) is 0 Å². The van der Waals surface area contributed by atoms with Gasteiger partial charge in [-0.05, 0) is 54.2 Å². The van der Waals surface area contributed by atoms with Gasteiger partial charge in [-0.2, -0.15) is 0 Å². The Morgan fingerprint density at radius 2 is 1.65 bits per heavy atom. The number of aromatic nitrogens is 2. The molecule has 0 bridgehead atoms. The van der Waals surface area contributed by atoms with Crippen molar-refractivity contribution < 1.29 is 14.0 Å². The fourth-order valence-corrected chi connectivity index (χ4v) is 4.57. The monoisotopic (exact) mass is 424 g/mol. The van der Waals surface area contributed by atoms with Gasteiger partial charge in [-0.3, -0.25) is 14.0 Å². The van der Waals surface area contributed by atoms with E-state index in [2.05, 4.69) is 9.97 Å². The van der Waals surface area contributed by atoms with Crippen molar-refractivity contribution in [2.75, 3.05) is 6.67 Å². The third kappa shape index (κ3) is 6.28. The van der Waals surface area contributed by atoms with Crippen LogP contribution in [0.25, 0.3) is 0 Å². The van der Waals surface area contributed by atoms with Crippen molar-refractivity contribution in [3.8, 4) is 0 Å². The smallest absolute Gasteiger partial charge is 0.204 e. The van der Waals surface area contributed by atoms with E-state index in [-0.39, 0.29) is 30.1 Å². The average molecular weight is 425 g/mol. The minimum absolute atomic E-state index is 0.0416. The van der Waals surface area contributed by atoms with Gasteiger partial charge in [-0.25, -0.2) is 9.97 Å². The number of rotatable bonds is 11. The fourth-order valence-electron chi connectivity index (χ4n) is 4.57. The van der Waals surface area contributed by atoms with Crippen LogP contribution < -0.4 is 0 Å². The van der Waals surface area contributed by atoms with Crippen LogP contribution in [0.2, 0.25) is 0 Å². The number of carbonyl (C=O) groups excluding carboxylic acids is 2. The first-order valence-corrected chi connectivity index (χ1v) is 11.6. The molecule has 3 rings (SSSR count). The van der Waals surface area contributed by atoms with E-state index in [1.807, 2.05) is 43.6 Å². The van der Waals surface area contributed by atoms with Crippen molar-refractivity contribution in [3.63, 3.8) is 0 Å². The van der Waals surface area contributed by atoms with Crippen LogP contribution in [-0.2, 0) is 23.1 Å². The van der Waals surface area contributed by atoms with Crippen LogP contribution in [0.1, 0.15) is 92.0 Å². The Morgan fingerprint density at radius 3 is 2.26 bits per heavy atom. The van der Waals surface area contributed by atoms with Gasteiger partial charge in [0.05, 0.1) is 6.67 Å². The zero-order valence-electron chi connectivity index (χ0n) is 18.5. The summed E-state index contributed by atoms with van der Waals surface area (Å²) in [6.07, 6.45) is 12.7. The molecule has 0 spiro atoms. The van der Waals surface area contributed by atoms with Gasteiger partial charge in [-0.1, -0.05) is 50.5 Å². The molecular formula is C26H33FN2O2. The zero-order chi connectivity index (χ0) is 22.1. The molecule has 0 radical (unpaired) electrons. The molecule has 1 heterocycles. The Labute approximate surface area is 184 Å². The van der Waals surface area contributed by atoms with E-state index in [0.717, 1.165) is 48.8 Å². The van der Waals surface area contributed by atoms with Gasteiger partial charge >= 0.3 is 0 Å². The summed E-state index contributed by atoms with van der Waals surface area (Å²) in [7, 11) is 0. The van der Waals surface area contributed by atoms with E-state index in [0.29, 0.717) is 31.5 Å². The summed E-state index contributed by atoms with van der Waals surface area (Å²) < 4.78 is 12.3. The highest BCUT2D eigenvalue weighted by molar-refractivity contribution is 5.94. The Bertz CT molecular complexity index is 856. The van der Waals surface area contributed by atoms with Crippen molar-refractivity contribution in [3.05, 3.63) is 59.2 Å². The highest BCUT2D eigenvalue weighted by atomic mass is 19.1. The first-order valence-electron chi connectivity index (χ1n) is 11.6. The Kier molecular flexibility index (Phi) is 8.44. The van der Waals surface area contributed by atoms with Gasteiger partial charge in [0.2, 0.25) is 5.78 Å². The van der Waals surface area contributed by atoms with E-state index in [1.165, 1.54) is 6.42 Å². The first kappa shape index (κ1) is 23.2. The number of ketones is 2. The lowest BCUT2D eigenvalue weighted by atomic mass is 9.67. The molecule has 1 fully saturated rings. The SMILES string of the molecule is CCC(=O)CCC1(c2cnc(C(=O)Cc3ccc(CCCF)cc3)nc2)CCCCC1. The molecule has 166 valence electrons. The van der Waals surface area contributed by atoms with Crippen LogP contribution in [0.5, 0.6) is 0 Å². The van der Waals surface area contributed by atoms with E-state index in [1.54, 1.807) is 0 Å². The molecule has 31 heavy (non-hydrogen) atoms. The van der Waals surface area contributed by atoms with Gasteiger partial charge in [0.1, 0.15) is 5.78 Å². The number of carbonyl (C=O) groups is 2. The molecule has 0 saturated heterocycles. The molecule has 2 aromatic rings. The predicted molar refractivity (Wildman–Crippen MR) is 120 cm³/mol. The summed E-state index contributed by atoms with van der Waals surface area (Å²) in [6, 6.07) is 7.74. The second-order valence-corrected chi connectivity index (χ2v) is 8.74. The van der Waals surface area contributed by atoms with Gasteiger partial charge in [-0.15, -0.1) is 0 Å². The number of hydrogen-bond acceptors (Lipinski definition) is 4. The Balaban J connectivity index is 1.67. The number of aryl methyl sites for hydroxylation is 1. The third-order valence-corrected chi connectivity index (χ3v) is 6.59. The lowest BCUT2D eigenvalue weighted by Crippen LogP contribution is -2.30. The minimum Gasteiger partial charge on any atom is -0.300 e. The van der Waals surface area contributed by atoms with Crippen LogP contribution in [0.15, 0.2) is 36.7 Å². The van der Waals surface area contributed by atoms with Crippen molar-refractivity contribution in [2.45, 2.75) is 83.0 Å². The molecule has 1 aromatic heterocycles. The number of Topliss-reactive ketones (excluding diaryl/α,β-unsaturated/α-hetero) is 2. The highest BCUT2D eigenvalue weighted by Gasteiger charge is 2.34. The molecule has 0 atom stereocenters. The van der Waals surface area contributed by atoms with Crippen molar-refractivity contribution >= 4 is 11.6 Å². The van der Waals surface area contributed by atoms with Crippen LogP contribution >= 0.6 is 0 Å². The van der Waals surface area contributed by atoms with Gasteiger partial charge in [0, 0.05) is 31.7 Å². The lowest BCUT2D eigenvalue weighted by Gasteiger charge is -2.37. The predicted octanol–water partition coefficient (Wildman–Crippen LogP) is 5.77. The van der Waals surface area contributed by atoms with Gasteiger partial charge in [0.15, 0.2) is 5.82 Å². The maximum Gasteiger partial charge on any atom is 0.204 e. The zero-order valence-corrected chi connectivity index (χ0v) is 18.5. The maximum atomic E-state index is 12.7. The fraction of sp³-hybridized carbons (Fsp3) is 0.538. The van der Waals surface area contributed by atoms with E-state index >= 15 is 0 Å². The lowest BCUT2D eigenvalue weighted by molar-refractivity contribution is -0.119. The molecule has 1 saturated carbocycles. The summed E-state index contributed by atoms with van der Waals surface area (Å²) in [5, 5.41) is 0. The topological polar surface area (TPSA) is 59.9 Å². The standard InChI is InChI=1S/C26H33FN2O2/c1-2-23(30)12-15-26(13-4-3-5-14-26)22-18-28-25(29-19-22)24(31)17-21-10-8-20(9-11-21)7-6-16-27/h8-11,18-19H,2-7,12-17H2,1H3. The Hall–Kier alpha value is -2.43. The van der Waals surface area contributed by atoms with Crippen LogP contribution in [-0.4, -0.2) is 28.2 Å². The van der Waals surface area contributed by atoms with Gasteiger partial charge < -0.3 is 0 Å². The molecule has 0 N–H and O–H groups in total. The number of halogens is 1. The molecule has 0 amide bonds. The molecule has 0 aliphatic heterocycles. The number of benzene rings is 1. The summed E-state index contributed by atoms with van der Waals surface area (Å²) in [5.74, 6) is 0.427. The van der Waals surface area contributed by atoms with E-state index < -0.39 is 0 Å². The second kappa shape index (κ2) is 11.3. The summed E-state index contributed by atoms with van der Waals surface area (Å²) in [5.41, 5.74) is 3.00. The van der Waals surface area contributed by atoms with Crippen LogP contribution in [0, 0.1) is 0 Å². The first-order chi connectivity index (χ1) is 15.1. The second-order valence-electron chi connectivity index (χ2n) is 8.74. The van der Waals surface area contributed by atoms with E-state index in [9.17, 15) is 14.0 Å². The van der Waals surface area contributed by atoms with Crippen molar-refractivity contribution in [2.24, 2.45) is 0 Å². The summed E-state index contributed by atoms with van der Waals surface area (Å²) >= 11 is 0. The summed E-state index contributed by atoms with van der Waals surface area (Å²) in [4.78, 5) is 33.4. The minimum atomic E-state index is -0.316. The highest BCUT2D eigenvalue weighted by Crippen LogP contribution is 2.42. The van der Waals surface area contributed by atoms with Crippen LogP contribution in [0.4, 0.5) is 4.39 Å². The number of nitrogens with zero attached hydrogens (tertiary/aromatic N) is 2. The largest absolute Gasteiger partial charge is 0.300 e. The normalized spacial score (nSPS) is 15.5. The molecule has 5 heteroatoms. The van der Waals surface area contributed by atoms with Gasteiger partial charge in [0.25, 0.3) is 0 Å². The van der Waals surface area contributed by atoms with E-state index in [4.69, 9.17) is 0 Å². The quantitative estimate of drug-likeness (QED) is 0.430.